The molecule has 0 bridgehead atoms. The fourth-order valence-corrected chi connectivity index (χ4v) is 3.63. The van der Waals surface area contributed by atoms with Crippen molar-refractivity contribution in [3.8, 4) is 5.75 Å². The van der Waals surface area contributed by atoms with Crippen LogP contribution in [0.5, 0.6) is 5.75 Å². The Bertz CT molecular complexity index is 654. The van der Waals surface area contributed by atoms with Crippen molar-refractivity contribution < 1.29 is 17.9 Å². The molecule has 8 heteroatoms. The van der Waals surface area contributed by atoms with Gasteiger partial charge in [-0.3, -0.25) is 9.10 Å². The Labute approximate surface area is 149 Å². The van der Waals surface area contributed by atoms with E-state index in [-0.39, 0.29) is 17.2 Å². The summed E-state index contributed by atoms with van der Waals surface area (Å²) < 4.78 is 30.5. The van der Waals surface area contributed by atoms with Crippen LogP contribution in [0.1, 0.15) is 20.8 Å². The third-order valence-corrected chi connectivity index (χ3v) is 5.40. The van der Waals surface area contributed by atoms with Crippen LogP contribution in [0.3, 0.4) is 0 Å². The number of sulfonamides is 1. The average Bonchev–Trinajstić information content (AvgIpc) is 2.47. The fraction of sp³-hybridized carbons (Fsp3) is 0.562. The highest BCUT2D eigenvalue weighted by Crippen LogP contribution is 2.29. The van der Waals surface area contributed by atoms with Crippen LogP contribution >= 0.6 is 11.8 Å². The topological polar surface area (TPSA) is 75.7 Å². The number of amides is 1. The van der Waals surface area contributed by atoms with Crippen molar-refractivity contribution in [2.24, 2.45) is 0 Å². The van der Waals surface area contributed by atoms with Crippen molar-refractivity contribution >= 4 is 33.4 Å². The minimum atomic E-state index is -3.61. The number of nitrogens with zero attached hydrogens (tertiary/aromatic N) is 1. The second-order valence-electron chi connectivity index (χ2n) is 6.25. The second kappa shape index (κ2) is 8.62. The summed E-state index contributed by atoms with van der Waals surface area (Å²) in [6, 6.07) is 6.72. The summed E-state index contributed by atoms with van der Waals surface area (Å²) in [5.41, 5.74) is 0.349. The van der Waals surface area contributed by atoms with Crippen LogP contribution in [0.15, 0.2) is 24.3 Å². The molecule has 0 aliphatic rings. The molecular weight excluding hydrogens is 348 g/mol. The van der Waals surface area contributed by atoms with Gasteiger partial charge in [0.15, 0.2) is 0 Å². The van der Waals surface area contributed by atoms with Crippen molar-refractivity contribution in [3.63, 3.8) is 0 Å². The normalized spacial score (nSPS) is 11.9. The molecule has 0 unspecified atom stereocenters. The summed E-state index contributed by atoms with van der Waals surface area (Å²) in [5, 5.41) is 2.76. The summed E-state index contributed by atoms with van der Waals surface area (Å²) >= 11 is 1.74. The molecule has 24 heavy (non-hydrogen) atoms. The third kappa shape index (κ3) is 7.00. The molecule has 0 atom stereocenters. The molecule has 1 aromatic rings. The van der Waals surface area contributed by atoms with E-state index in [1.807, 2.05) is 0 Å². The van der Waals surface area contributed by atoms with E-state index >= 15 is 0 Å². The minimum Gasteiger partial charge on any atom is -0.495 e. The van der Waals surface area contributed by atoms with E-state index in [1.165, 1.54) is 7.11 Å². The third-order valence-electron chi connectivity index (χ3n) is 3.00. The quantitative estimate of drug-likeness (QED) is 0.705. The van der Waals surface area contributed by atoms with Crippen molar-refractivity contribution in [1.29, 1.82) is 0 Å². The lowest BCUT2D eigenvalue weighted by molar-refractivity contribution is -0.119. The molecule has 6 nitrogen and oxygen atoms in total. The molecule has 0 radical (unpaired) electrons. The monoisotopic (exact) mass is 374 g/mol. The van der Waals surface area contributed by atoms with Gasteiger partial charge in [0.2, 0.25) is 15.9 Å². The molecule has 0 aliphatic carbocycles. The molecule has 1 amide bonds. The Hall–Kier alpha value is -1.41. The number of hydrogen-bond donors (Lipinski definition) is 1. The lowest BCUT2D eigenvalue weighted by Crippen LogP contribution is -2.41. The Morgan fingerprint density at radius 1 is 1.29 bits per heavy atom. The first-order valence-electron chi connectivity index (χ1n) is 7.56. The smallest absolute Gasteiger partial charge is 0.240 e. The molecule has 0 spiro atoms. The Morgan fingerprint density at radius 2 is 1.92 bits per heavy atom. The minimum absolute atomic E-state index is 0.126. The van der Waals surface area contributed by atoms with Gasteiger partial charge in [-0.05, 0) is 12.1 Å². The van der Waals surface area contributed by atoms with Crippen LogP contribution in [0, 0.1) is 0 Å². The molecule has 0 fully saturated rings. The Morgan fingerprint density at radius 3 is 2.46 bits per heavy atom. The highest BCUT2D eigenvalue weighted by Gasteiger charge is 2.23. The number of thioether (sulfide) groups is 1. The molecule has 0 saturated heterocycles. The number of benzene rings is 1. The summed E-state index contributed by atoms with van der Waals surface area (Å²) in [4.78, 5) is 12.1. The van der Waals surface area contributed by atoms with Crippen molar-refractivity contribution in [2.75, 3.05) is 36.5 Å². The van der Waals surface area contributed by atoms with E-state index in [0.29, 0.717) is 18.0 Å². The standard InChI is InChI=1S/C16H26N2O4S2/c1-16(2,3)23-11-10-17-15(19)12-18(24(5,20)21)13-8-6-7-9-14(13)22-4/h6-9H,10-12H2,1-5H3,(H,17,19). The zero-order chi connectivity index (χ0) is 18.4. The molecular formula is C16H26N2O4S2. The van der Waals surface area contributed by atoms with Gasteiger partial charge in [0.1, 0.15) is 12.3 Å². The number of nitrogens with one attached hydrogen (secondary N) is 1. The van der Waals surface area contributed by atoms with E-state index in [1.54, 1.807) is 36.0 Å². The molecule has 1 rings (SSSR count). The molecule has 0 saturated carbocycles. The van der Waals surface area contributed by atoms with Gasteiger partial charge in [0.25, 0.3) is 0 Å². The number of methoxy groups -OCH3 is 1. The van der Waals surface area contributed by atoms with Crippen LogP contribution in [-0.4, -0.2) is 51.3 Å². The Kier molecular flexibility index (Phi) is 7.41. The summed E-state index contributed by atoms with van der Waals surface area (Å²) in [7, 11) is -2.15. The van der Waals surface area contributed by atoms with Crippen molar-refractivity contribution in [3.05, 3.63) is 24.3 Å². The maximum Gasteiger partial charge on any atom is 0.240 e. The SMILES string of the molecule is COc1ccccc1N(CC(=O)NCCSC(C)(C)C)S(C)(=O)=O. The number of ether oxygens (including phenoxy) is 1. The van der Waals surface area contributed by atoms with Crippen molar-refractivity contribution in [1.82, 2.24) is 5.32 Å². The van der Waals surface area contributed by atoms with E-state index < -0.39 is 10.0 Å². The van der Waals surface area contributed by atoms with Gasteiger partial charge in [0.05, 0.1) is 19.1 Å². The summed E-state index contributed by atoms with van der Waals surface area (Å²) in [5.74, 6) is 0.822. The fourth-order valence-electron chi connectivity index (χ4n) is 1.95. The zero-order valence-electron chi connectivity index (χ0n) is 14.8. The van der Waals surface area contributed by atoms with Crippen LogP contribution in [0.4, 0.5) is 5.69 Å². The largest absolute Gasteiger partial charge is 0.495 e. The van der Waals surface area contributed by atoms with Crippen molar-refractivity contribution in [2.45, 2.75) is 25.5 Å². The molecule has 1 N–H and O–H groups in total. The molecule has 0 aromatic heterocycles. The van der Waals surface area contributed by atoms with E-state index in [4.69, 9.17) is 4.74 Å². The number of carbonyl (C=O) groups is 1. The Balaban J connectivity index is 2.76. The zero-order valence-corrected chi connectivity index (χ0v) is 16.5. The number of rotatable bonds is 8. The number of carbonyl (C=O) groups excluding carboxylic acids is 1. The van der Waals surface area contributed by atoms with Crippen LogP contribution < -0.4 is 14.4 Å². The predicted molar refractivity (Wildman–Crippen MR) is 100 cm³/mol. The molecule has 0 heterocycles. The van der Waals surface area contributed by atoms with Gasteiger partial charge in [-0.1, -0.05) is 32.9 Å². The first-order chi connectivity index (χ1) is 11.0. The van der Waals surface area contributed by atoms with Crippen LogP contribution in [0.2, 0.25) is 0 Å². The lowest BCUT2D eigenvalue weighted by atomic mass is 10.3. The van der Waals surface area contributed by atoms with E-state index in [9.17, 15) is 13.2 Å². The first-order valence-corrected chi connectivity index (χ1v) is 10.4. The van der Waals surface area contributed by atoms with E-state index in [2.05, 4.69) is 26.1 Å². The highest BCUT2D eigenvalue weighted by molar-refractivity contribution is 8.00. The van der Waals surface area contributed by atoms with E-state index in [0.717, 1.165) is 16.3 Å². The summed E-state index contributed by atoms with van der Waals surface area (Å²) in [6.07, 6.45) is 1.07. The molecule has 136 valence electrons. The molecule has 1 aromatic carbocycles. The molecule has 0 aliphatic heterocycles. The maximum atomic E-state index is 12.1. The maximum absolute atomic E-state index is 12.1. The number of hydrogen-bond acceptors (Lipinski definition) is 5. The van der Waals surface area contributed by atoms with Gasteiger partial charge in [-0.2, -0.15) is 11.8 Å². The van der Waals surface area contributed by atoms with Crippen LogP contribution in [-0.2, 0) is 14.8 Å². The van der Waals surface area contributed by atoms with Gasteiger partial charge in [0, 0.05) is 17.0 Å². The van der Waals surface area contributed by atoms with Gasteiger partial charge < -0.3 is 10.1 Å². The second-order valence-corrected chi connectivity index (χ2v) is 10.1. The van der Waals surface area contributed by atoms with Gasteiger partial charge in [-0.15, -0.1) is 0 Å². The highest BCUT2D eigenvalue weighted by atomic mass is 32.2. The number of para-hydroxylation sites is 2. The average molecular weight is 375 g/mol. The number of anilines is 1. The summed E-state index contributed by atoms with van der Waals surface area (Å²) in [6.45, 7) is 6.52. The van der Waals surface area contributed by atoms with Crippen LogP contribution in [0.25, 0.3) is 0 Å². The van der Waals surface area contributed by atoms with Gasteiger partial charge in [-0.25, -0.2) is 8.42 Å². The van der Waals surface area contributed by atoms with Gasteiger partial charge >= 0.3 is 0 Å². The predicted octanol–water partition coefficient (Wildman–Crippen LogP) is 2.11. The lowest BCUT2D eigenvalue weighted by Gasteiger charge is -2.24. The first kappa shape index (κ1) is 20.6.